The van der Waals surface area contributed by atoms with E-state index in [2.05, 4.69) is 16.9 Å². The third-order valence-corrected chi connectivity index (χ3v) is 11.3. The van der Waals surface area contributed by atoms with Gasteiger partial charge in [0, 0.05) is 17.7 Å². The van der Waals surface area contributed by atoms with E-state index in [-0.39, 0.29) is 67.0 Å². The first-order valence-electron chi connectivity index (χ1n) is 20.8. The Morgan fingerprint density at radius 2 is 1.33 bits per heavy atom. The Morgan fingerprint density at radius 1 is 0.881 bits per heavy atom. The van der Waals surface area contributed by atoms with Crippen LogP contribution in [0.25, 0.3) is 6.08 Å². The number of aliphatic hydroxyl groups is 3. The number of rotatable bonds is 15. The number of aliphatic hydroxyl groups excluding tert-OH is 3. The van der Waals surface area contributed by atoms with Crippen molar-refractivity contribution in [3.05, 3.63) is 67.6 Å². The summed E-state index contributed by atoms with van der Waals surface area (Å²) in [5.74, 6) is -1.08. The molecule has 5 heterocycles. The van der Waals surface area contributed by atoms with E-state index in [1.165, 1.54) is 0 Å². The van der Waals surface area contributed by atoms with Crippen molar-refractivity contribution in [2.75, 3.05) is 66.1 Å². The number of Topliss-reactive ketones (excluding diaryl/α,β-unsaturated/α-hetero) is 1. The number of carbonyl (C=O) groups is 1. The van der Waals surface area contributed by atoms with Gasteiger partial charge in [-0.3, -0.25) is 10.3 Å². The summed E-state index contributed by atoms with van der Waals surface area (Å²) in [7, 11) is 0. The first kappa shape index (κ1) is 65.4. The number of thiazole rings is 1. The minimum atomic E-state index is -1.75. The number of hydrogen-bond donors (Lipinski definition) is 4. The number of aryl methyl sites for hydroxylation is 1. The number of aromatic nitrogens is 1. The van der Waals surface area contributed by atoms with Gasteiger partial charge < -0.3 is 94.4 Å². The van der Waals surface area contributed by atoms with Crippen molar-refractivity contribution in [1.29, 1.82) is 0 Å². The van der Waals surface area contributed by atoms with E-state index < -0.39 is 38.8 Å². The second-order valence-corrected chi connectivity index (χ2v) is 17.4. The summed E-state index contributed by atoms with van der Waals surface area (Å²) < 4.78 is 37.4. The number of ketones is 1. The zero-order valence-electron chi connectivity index (χ0n) is 38.8. The van der Waals surface area contributed by atoms with Crippen LogP contribution < -0.4 is 0 Å². The van der Waals surface area contributed by atoms with Gasteiger partial charge in [0.05, 0.1) is 134 Å². The van der Waals surface area contributed by atoms with Crippen LogP contribution in [0.15, 0.2) is 15.9 Å². The molecule has 9 atom stereocenters. The number of carbonyl (C=O) groups excluding carboxylic acids is 1. The maximum absolute atomic E-state index is 13.2. The van der Waals surface area contributed by atoms with E-state index in [1.54, 1.807) is 32.1 Å². The van der Waals surface area contributed by atoms with Gasteiger partial charge in [-0.25, -0.2) is 9.98 Å². The Balaban J connectivity index is 0. The summed E-state index contributed by atoms with van der Waals surface area (Å²) in [4.78, 5) is 47.1. The van der Waals surface area contributed by atoms with Crippen molar-refractivity contribution >= 4 is 48.9 Å². The fraction of sp³-hybridized carbons (Fsp3) is 0.821. The van der Waals surface area contributed by atoms with Crippen molar-refractivity contribution < 1.29 is 74.0 Å². The average Bonchev–Trinajstić information content (AvgIpc) is 4.15. The summed E-state index contributed by atoms with van der Waals surface area (Å²) in [6.45, 7) is 19.7. The van der Waals surface area contributed by atoms with Crippen LogP contribution in [0.3, 0.4) is 0 Å². The molecule has 3 fully saturated rings. The molecule has 0 bridgehead atoms. The van der Waals surface area contributed by atoms with E-state index in [9.17, 15) is 20.1 Å². The number of fused-ring (bicyclic) bond motifs is 1. The van der Waals surface area contributed by atoms with Crippen LogP contribution in [-0.4, -0.2) is 181 Å². The first-order chi connectivity index (χ1) is 30.4. The number of epoxide rings is 3. The summed E-state index contributed by atoms with van der Waals surface area (Å²) in [5.41, 5.74) is 0.416. The van der Waals surface area contributed by atoms with Crippen LogP contribution >= 0.6 is 11.3 Å². The number of hydrogen-bond acceptors (Lipinski definition) is 22. The molecular formula is C39H65GaN5O21S. The molecule has 0 aliphatic carbocycles. The van der Waals surface area contributed by atoms with E-state index in [4.69, 9.17) is 79.1 Å². The summed E-state index contributed by atoms with van der Waals surface area (Å²) >= 11 is 1.58. The third-order valence-electron chi connectivity index (χ3n) is 10.5. The molecule has 67 heavy (non-hydrogen) atoms. The fourth-order valence-electron chi connectivity index (χ4n) is 6.45. The van der Waals surface area contributed by atoms with E-state index in [1.807, 2.05) is 32.2 Å². The van der Waals surface area contributed by atoms with Gasteiger partial charge in [-0.2, -0.15) is 0 Å². The van der Waals surface area contributed by atoms with Gasteiger partial charge in [-0.05, 0) is 51.2 Å². The molecule has 5 rings (SSSR count). The molecule has 0 amide bonds. The van der Waals surface area contributed by atoms with Gasteiger partial charge in [0.2, 0.25) is 0 Å². The van der Waals surface area contributed by atoms with Crippen LogP contribution in [0.4, 0.5) is 0 Å². The molecule has 1 aromatic rings. The van der Waals surface area contributed by atoms with Crippen molar-refractivity contribution in [3.8, 4) is 0 Å². The van der Waals surface area contributed by atoms with Crippen molar-refractivity contribution in [1.82, 2.24) is 4.98 Å². The topological polar surface area (TPSA) is 406 Å². The van der Waals surface area contributed by atoms with Crippen LogP contribution in [0.2, 0.25) is 0 Å². The predicted octanol–water partition coefficient (Wildman–Crippen LogP) is 3.47. The molecule has 4 N–H and O–H groups in total. The van der Waals surface area contributed by atoms with Crippen molar-refractivity contribution in [2.24, 2.45) is 22.2 Å². The van der Waals surface area contributed by atoms with E-state index >= 15 is 0 Å². The first-order valence-corrected chi connectivity index (χ1v) is 21.7. The van der Waals surface area contributed by atoms with Crippen molar-refractivity contribution in [3.63, 3.8) is 0 Å². The van der Waals surface area contributed by atoms with Gasteiger partial charge in [-0.1, -0.05) is 34.1 Å². The second kappa shape index (κ2) is 33.8. The largest absolute Gasteiger partial charge is 3.00 e. The quantitative estimate of drug-likeness (QED) is 0.0642. The number of nitrogens with zero attached hydrogens (tertiary/aromatic N) is 5. The van der Waals surface area contributed by atoms with Gasteiger partial charge >= 0.3 is 19.8 Å². The summed E-state index contributed by atoms with van der Waals surface area (Å²) in [6, 6.07) is -0.331. The summed E-state index contributed by atoms with van der Waals surface area (Å²) in [6.07, 6.45) is 3.73. The molecule has 26 nitrogen and oxygen atoms in total. The Bertz CT molecular complexity index is 1590. The van der Waals surface area contributed by atoms with Gasteiger partial charge in [0.1, 0.15) is 18.0 Å². The van der Waals surface area contributed by atoms with Gasteiger partial charge in [0.15, 0.2) is 5.90 Å². The third kappa shape index (κ3) is 30.5. The molecule has 0 saturated carbocycles. The molecule has 0 aromatic carbocycles. The molecule has 2 unspecified atom stereocenters. The molecule has 28 heteroatoms. The molecule has 1 aromatic heterocycles. The zero-order chi connectivity index (χ0) is 49.3. The Kier molecular flexibility index (Phi) is 33.0. The fourth-order valence-corrected chi connectivity index (χ4v) is 7.02. The number of aliphatic imine (C=N–C) groups is 1. The minimum absolute atomic E-state index is 0. The van der Waals surface area contributed by atoms with Crippen LogP contribution in [-0.2, 0) is 38.0 Å². The van der Waals surface area contributed by atoms with Gasteiger partial charge in [-0.15, -0.1) is 11.3 Å². The van der Waals surface area contributed by atoms with E-state index in [0.29, 0.717) is 71.5 Å². The molecule has 3 saturated heterocycles. The SMILES string of the molecule is C(COCCOCC1CO1)OCCOCC1CO1.C/C(=C\c1csc(C)n1)[C@@H]1C[C@@H]2O[C@]2(C)CCC[C@H](C)[C@H](O)[C@@H](C)C(=O)C(C)(C)[C@@H](O)CC(O)=N1.O=[N+]([O-])[O-].O=[N+]([O-])[O-].O=[N+]([O-])[O-].[Ga+3].[OH]. The van der Waals surface area contributed by atoms with Crippen LogP contribution in [0, 0.1) is 70.1 Å². The Morgan fingerprint density at radius 3 is 1.75 bits per heavy atom. The standard InChI is InChI=1S/C27H42N2O5S.C12H22O6.Ga.3NO3.HO/c1-15-9-8-10-27(7)22(34-27)12-20(16(2)11-19-14-35-18(4)28-19)29-23(31)13-21(30)26(5,6)25(33)17(3)24(15)32;1(13-3-5-15-7-11-9-17-11)2-14-4-6-16-8-12-10-18-12;;3*2-1(3)4;/h11,14-15,17,20-22,24,30,32H,8-10,12-13H2,1-7H3,(H,29,31);11-12H,1-10H2;;;;;1H/q;;+3;3*-1;/b16-11+;;;;;;/t15-,17+,20-,21-,22-,24-,27+;;;;;;/m0....../s1. The molecule has 381 valence electrons. The average molecular weight is 1040 g/mol. The minimum Gasteiger partial charge on any atom is -0.497 e. The smallest absolute Gasteiger partial charge is 0.497 e. The number of ether oxygens (including phenoxy) is 7. The molecule has 1 radical (unpaired) electrons. The molecule has 4 aliphatic rings. The zero-order valence-corrected chi connectivity index (χ0v) is 42.1. The summed E-state index contributed by atoms with van der Waals surface area (Å²) in [5, 5.41) is 79.8. The molecule has 0 spiro atoms. The Labute approximate surface area is 405 Å². The predicted molar refractivity (Wildman–Crippen MR) is 241 cm³/mol. The monoisotopic (exact) mass is 1040 g/mol. The normalized spacial score (nSPS) is 27.4. The maximum atomic E-state index is 13.2. The van der Waals surface area contributed by atoms with E-state index in [0.717, 1.165) is 48.8 Å². The van der Waals surface area contributed by atoms with Crippen LogP contribution in [0.5, 0.6) is 0 Å². The Hall–Kier alpha value is -3.65. The maximum Gasteiger partial charge on any atom is 3.00 e. The van der Waals surface area contributed by atoms with Crippen molar-refractivity contribution in [2.45, 2.75) is 123 Å². The molecule has 4 aliphatic heterocycles. The molecular weight excluding hydrogens is 976 g/mol. The van der Waals surface area contributed by atoms with Crippen LogP contribution in [0.1, 0.15) is 84.3 Å². The second-order valence-electron chi connectivity index (χ2n) is 16.3. The van der Waals surface area contributed by atoms with Gasteiger partial charge in [0.25, 0.3) is 0 Å².